The normalized spacial score (nSPS) is 27.4. The highest BCUT2D eigenvalue weighted by Crippen LogP contribution is 2.40. The lowest BCUT2D eigenvalue weighted by Gasteiger charge is -2.35. The van der Waals surface area contributed by atoms with Crippen LogP contribution in [0.15, 0.2) is 23.4 Å². The Morgan fingerprint density at radius 1 is 1.41 bits per heavy atom. The summed E-state index contributed by atoms with van der Waals surface area (Å²) >= 11 is 0. The number of hydrogen-bond acceptors (Lipinski definition) is 4. The van der Waals surface area contributed by atoms with E-state index in [0.29, 0.717) is 0 Å². The number of phenols is 1. The van der Waals surface area contributed by atoms with E-state index < -0.39 is 0 Å². The van der Waals surface area contributed by atoms with Crippen LogP contribution in [0.2, 0.25) is 0 Å². The van der Waals surface area contributed by atoms with Gasteiger partial charge in [0.05, 0.1) is 5.71 Å². The first-order valence-corrected chi connectivity index (χ1v) is 7.80. The number of aromatic hydroxyl groups is 1. The Bertz CT molecular complexity index is 616. The third kappa shape index (κ3) is 2.93. The van der Waals surface area contributed by atoms with Gasteiger partial charge in [0.25, 0.3) is 0 Å². The summed E-state index contributed by atoms with van der Waals surface area (Å²) in [5, 5.41) is 17.1. The molecule has 1 amide bonds. The molecule has 0 radical (unpaired) electrons. The molecule has 2 N–H and O–H groups in total. The molecule has 118 valence electrons. The number of hydrogen-bond donors (Lipinski definition) is 2. The van der Waals surface area contributed by atoms with Crippen molar-refractivity contribution in [2.75, 3.05) is 0 Å². The summed E-state index contributed by atoms with van der Waals surface area (Å²) in [6.07, 6.45) is 4.39. The monoisotopic (exact) mass is 302 g/mol. The van der Waals surface area contributed by atoms with Gasteiger partial charge in [-0.25, -0.2) is 0 Å². The van der Waals surface area contributed by atoms with Crippen LogP contribution in [-0.4, -0.2) is 28.4 Å². The topological polar surface area (TPSA) is 70.9 Å². The van der Waals surface area contributed by atoms with Crippen LogP contribution in [0.3, 0.4) is 0 Å². The third-order valence-electron chi connectivity index (χ3n) is 4.69. The molecule has 1 aliphatic heterocycles. The Morgan fingerprint density at radius 2 is 2.14 bits per heavy atom. The van der Waals surface area contributed by atoms with Crippen LogP contribution in [0.4, 0.5) is 0 Å². The molecule has 1 aromatic rings. The zero-order chi connectivity index (χ0) is 15.7. The maximum absolute atomic E-state index is 11.1. The minimum absolute atomic E-state index is 0.0281. The number of amides is 1. The number of carbonyl (C=O) groups is 1. The Hall–Kier alpha value is -2.04. The van der Waals surface area contributed by atoms with Gasteiger partial charge in [0.15, 0.2) is 0 Å². The summed E-state index contributed by atoms with van der Waals surface area (Å²) in [6.45, 7) is 3.43. The van der Waals surface area contributed by atoms with E-state index in [1.165, 1.54) is 0 Å². The van der Waals surface area contributed by atoms with Crippen molar-refractivity contribution >= 4 is 11.6 Å². The first-order valence-electron chi connectivity index (χ1n) is 7.80. The molecule has 0 saturated heterocycles. The van der Waals surface area contributed by atoms with Crippen LogP contribution in [0, 0.1) is 6.92 Å². The standard InChI is InChI=1S/C17H22N2O3/c1-11-3-4-13(9-16(11)21)15-10-17(22-19-15)7-5-14(6-8-17)18-12(2)20/h3-4,9,14,21H,5-8,10H2,1-2H3,(H,18,20). The minimum atomic E-state index is -0.231. The van der Waals surface area contributed by atoms with Crippen molar-refractivity contribution in [2.45, 2.75) is 57.6 Å². The molecule has 0 bridgehead atoms. The zero-order valence-corrected chi connectivity index (χ0v) is 13.1. The maximum Gasteiger partial charge on any atom is 0.217 e. The number of benzene rings is 1. The molecule has 3 rings (SSSR count). The predicted molar refractivity (Wildman–Crippen MR) is 83.9 cm³/mol. The van der Waals surface area contributed by atoms with Gasteiger partial charge in [0, 0.05) is 24.9 Å². The number of oxime groups is 1. The van der Waals surface area contributed by atoms with Gasteiger partial charge in [0.1, 0.15) is 11.4 Å². The average molecular weight is 302 g/mol. The van der Waals surface area contributed by atoms with Crippen LogP contribution >= 0.6 is 0 Å². The van der Waals surface area contributed by atoms with Crippen LogP contribution in [0.25, 0.3) is 0 Å². The molecule has 22 heavy (non-hydrogen) atoms. The quantitative estimate of drug-likeness (QED) is 0.882. The number of nitrogens with zero attached hydrogens (tertiary/aromatic N) is 1. The van der Waals surface area contributed by atoms with Crippen molar-refractivity contribution in [1.82, 2.24) is 5.32 Å². The van der Waals surface area contributed by atoms with E-state index in [1.54, 1.807) is 13.0 Å². The lowest BCUT2D eigenvalue weighted by molar-refractivity contribution is -0.120. The van der Waals surface area contributed by atoms with E-state index in [4.69, 9.17) is 4.84 Å². The highest BCUT2D eigenvalue weighted by molar-refractivity contribution is 6.02. The van der Waals surface area contributed by atoms with Gasteiger partial charge in [-0.1, -0.05) is 17.3 Å². The molecular formula is C17H22N2O3. The molecule has 1 spiro atoms. The fraction of sp³-hybridized carbons (Fsp3) is 0.529. The van der Waals surface area contributed by atoms with Gasteiger partial charge >= 0.3 is 0 Å². The second-order valence-electron chi connectivity index (χ2n) is 6.47. The molecule has 5 nitrogen and oxygen atoms in total. The second-order valence-corrected chi connectivity index (χ2v) is 6.47. The van der Waals surface area contributed by atoms with Gasteiger partial charge in [0.2, 0.25) is 5.91 Å². The van der Waals surface area contributed by atoms with E-state index in [1.807, 2.05) is 19.1 Å². The summed E-state index contributed by atoms with van der Waals surface area (Å²) < 4.78 is 0. The predicted octanol–water partition coefficient (Wildman–Crippen LogP) is 2.64. The Labute approximate surface area is 130 Å². The molecule has 0 atom stereocenters. The van der Waals surface area contributed by atoms with Crippen molar-refractivity contribution in [3.05, 3.63) is 29.3 Å². The van der Waals surface area contributed by atoms with Crippen molar-refractivity contribution in [2.24, 2.45) is 5.16 Å². The first-order chi connectivity index (χ1) is 10.5. The summed E-state index contributed by atoms with van der Waals surface area (Å²) in [5.74, 6) is 0.316. The maximum atomic E-state index is 11.1. The Morgan fingerprint density at radius 3 is 2.77 bits per heavy atom. The van der Waals surface area contributed by atoms with E-state index in [0.717, 1.165) is 48.9 Å². The summed E-state index contributed by atoms with van der Waals surface area (Å²) in [7, 11) is 0. The van der Waals surface area contributed by atoms with Crippen LogP contribution in [-0.2, 0) is 9.63 Å². The van der Waals surface area contributed by atoms with E-state index in [2.05, 4.69) is 10.5 Å². The highest BCUT2D eigenvalue weighted by Gasteiger charge is 2.42. The van der Waals surface area contributed by atoms with Crippen LogP contribution in [0.5, 0.6) is 5.75 Å². The molecule has 1 fully saturated rings. The molecule has 5 heteroatoms. The molecule has 1 heterocycles. The largest absolute Gasteiger partial charge is 0.508 e. The molecule has 0 unspecified atom stereocenters. The van der Waals surface area contributed by atoms with Gasteiger partial charge < -0.3 is 15.3 Å². The number of carbonyl (C=O) groups excluding carboxylic acids is 1. The second kappa shape index (κ2) is 5.63. The summed E-state index contributed by atoms with van der Waals surface area (Å²) in [5.41, 5.74) is 2.44. The molecule has 0 aromatic heterocycles. The summed E-state index contributed by atoms with van der Waals surface area (Å²) in [4.78, 5) is 16.9. The highest BCUT2D eigenvalue weighted by atomic mass is 16.7. The Balaban J connectivity index is 1.64. The van der Waals surface area contributed by atoms with Crippen molar-refractivity contribution < 1.29 is 14.7 Å². The van der Waals surface area contributed by atoms with Crippen molar-refractivity contribution in [1.29, 1.82) is 0 Å². The van der Waals surface area contributed by atoms with E-state index in [9.17, 15) is 9.90 Å². The molecular weight excluding hydrogens is 280 g/mol. The lowest BCUT2D eigenvalue weighted by atomic mass is 9.78. The number of phenolic OH excluding ortho intramolecular Hbond substituents is 1. The van der Waals surface area contributed by atoms with Gasteiger partial charge in [-0.15, -0.1) is 0 Å². The third-order valence-corrected chi connectivity index (χ3v) is 4.69. The first kappa shape index (κ1) is 14.9. The Kier molecular flexibility index (Phi) is 3.81. The summed E-state index contributed by atoms with van der Waals surface area (Å²) in [6, 6.07) is 5.86. The zero-order valence-electron chi connectivity index (χ0n) is 13.1. The fourth-order valence-electron chi connectivity index (χ4n) is 3.31. The fourth-order valence-corrected chi connectivity index (χ4v) is 3.31. The lowest BCUT2D eigenvalue weighted by Crippen LogP contribution is -2.42. The molecule has 2 aliphatic rings. The SMILES string of the molecule is CC(=O)NC1CCC2(CC1)CC(c1ccc(C)c(O)c1)=NO2. The van der Waals surface area contributed by atoms with Crippen LogP contribution < -0.4 is 5.32 Å². The van der Waals surface area contributed by atoms with Gasteiger partial charge in [-0.05, 0) is 44.2 Å². The number of rotatable bonds is 2. The molecule has 1 aromatic carbocycles. The number of aryl methyl sites for hydroxylation is 1. The molecule has 1 saturated carbocycles. The van der Waals surface area contributed by atoms with Crippen LogP contribution in [0.1, 0.15) is 50.2 Å². The van der Waals surface area contributed by atoms with E-state index in [-0.39, 0.29) is 23.3 Å². The average Bonchev–Trinajstić information content (AvgIpc) is 2.88. The van der Waals surface area contributed by atoms with Crippen molar-refractivity contribution in [3.63, 3.8) is 0 Å². The van der Waals surface area contributed by atoms with E-state index >= 15 is 0 Å². The number of nitrogens with one attached hydrogen (secondary N) is 1. The minimum Gasteiger partial charge on any atom is -0.508 e. The smallest absolute Gasteiger partial charge is 0.217 e. The molecule has 1 aliphatic carbocycles. The van der Waals surface area contributed by atoms with Gasteiger partial charge in [-0.3, -0.25) is 4.79 Å². The van der Waals surface area contributed by atoms with Gasteiger partial charge in [-0.2, -0.15) is 0 Å². The van der Waals surface area contributed by atoms with Crippen molar-refractivity contribution in [3.8, 4) is 5.75 Å².